The highest BCUT2D eigenvalue weighted by atomic mass is 16.5. The molecule has 0 atom stereocenters. The Balaban J connectivity index is 1.35. The zero-order chi connectivity index (χ0) is 23.9. The molecule has 0 bridgehead atoms. The van der Waals surface area contributed by atoms with E-state index in [0.29, 0.717) is 17.9 Å². The van der Waals surface area contributed by atoms with Crippen LogP contribution in [-0.2, 0) is 13.0 Å². The lowest BCUT2D eigenvalue weighted by atomic mass is 10.1. The maximum absolute atomic E-state index is 12.4. The highest BCUT2D eigenvalue weighted by Gasteiger charge is 2.13. The van der Waals surface area contributed by atoms with E-state index in [9.17, 15) is 4.79 Å². The van der Waals surface area contributed by atoms with Crippen molar-refractivity contribution in [2.45, 2.75) is 46.1 Å². The van der Waals surface area contributed by atoms with Crippen molar-refractivity contribution in [3.63, 3.8) is 0 Å². The minimum absolute atomic E-state index is 0.0900. The normalized spacial score (nSPS) is 11.0. The molecule has 5 heteroatoms. The molecular formula is C29H33N3O2. The van der Waals surface area contributed by atoms with Crippen LogP contribution in [-0.4, -0.2) is 29.1 Å². The molecule has 176 valence electrons. The molecule has 0 fully saturated rings. The summed E-state index contributed by atoms with van der Waals surface area (Å²) in [5.74, 6) is 1.63. The fraction of sp³-hybridized carbons (Fsp3) is 0.310. The predicted octanol–water partition coefficient (Wildman–Crippen LogP) is 5.85. The van der Waals surface area contributed by atoms with E-state index in [1.54, 1.807) is 19.2 Å². The summed E-state index contributed by atoms with van der Waals surface area (Å²) in [4.78, 5) is 17.4. The van der Waals surface area contributed by atoms with Crippen molar-refractivity contribution in [2.75, 3.05) is 13.7 Å². The van der Waals surface area contributed by atoms with E-state index in [1.807, 2.05) is 18.2 Å². The smallest absolute Gasteiger partial charge is 0.255 e. The van der Waals surface area contributed by atoms with Crippen molar-refractivity contribution in [3.8, 4) is 5.75 Å². The molecule has 0 aliphatic carbocycles. The Morgan fingerprint density at radius 3 is 2.62 bits per heavy atom. The molecule has 34 heavy (non-hydrogen) atoms. The monoisotopic (exact) mass is 455 g/mol. The summed E-state index contributed by atoms with van der Waals surface area (Å²) in [6.07, 6.45) is 3.90. The first kappa shape index (κ1) is 23.6. The number of fused-ring (bicyclic) bond motifs is 1. The standard InChI is InChI=1S/C29H33N3O2/c1-21-16-17-22(2)23(19-21)20-32-26-13-8-7-12-25(26)31-28(32)15-5-4-10-18-30-29(33)24-11-6-9-14-27(24)34-3/h6-9,11-14,16-17,19H,4-5,10,15,18,20H2,1-3H3,(H,30,33). The van der Waals surface area contributed by atoms with Gasteiger partial charge in [-0.15, -0.1) is 0 Å². The van der Waals surface area contributed by atoms with Crippen molar-refractivity contribution in [1.29, 1.82) is 0 Å². The van der Waals surface area contributed by atoms with E-state index in [-0.39, 0.29) is 5.91 Å². The highest BCUT2D eigenvalue weighted by molar-refractivity contribution is 5.96. The number of aromatic nitrogens is 2. The number of unbranched alkanes of at least 4 members (excludes halogenated alkanes) is 2. The van der Waals surface area contributed by atoms with Crippen LogP contribution < -0.4 is 10.1 Å². The Morgan fingerprint density at radius 1 is 0.971 bits per heavy atom. The minimum Gasteiger partial charge on any atom is -0.496 e. The van der Waals surface area contributed by atoms with E-state index in [2.05, 4.69) is 60.1 Å². The second kappa shape index (κ2) is 11.0. The Labute approximate surface area is 201 Å². The molecular weight excluding hydrogens is 422 g/mol. The molecule has 0 unspecified atom stereocenters. The van der Waals surface area contributed by atoms with Gasteiger partial charge >= 0.3 is 0 Å². The number of hydrogen-bond acceptors (Lipinski definition) is 3. The summed E-state index contributed by atoms with van der Waals surface area (Å²) in [6.45, 7) is 5.80. The van der Waals surface area contributed by atoms with E-state index in [4.69, 9.17) is 9.72 Å². The lowest BCUT2D eigenvalue weighted by molar-refractivity contribution is 0.0950. The third-order valence-corrected chi connectivity index (χ3v) is 6.28. The molecule has 0 radical (unpaired) electrons. The summed E-state index contributed by atoms with van der Waals surface area (Å²) < 4.78 is 7.64. The number of carbonyl (C=O) groups excluding carboxylic acids is 1. The van der Waals surface area contributed by atoms with Crippen LogP contribution in [0.5, 0.6) is 5.75 Å². The van der Waals surface area contributed by atoms with Gasteiger partial charge in [-0.05, 0) is 62.1 Å². The summed E-state index contributed by atoms with van der Waals surface area (Å²) in [7, 11) is 1.58. The SMILES string of the molecule is COc1ccccc1C(=O)NCCCCCc1nc2ccccc2n1Cc1cc(C)ccc1C. The van der Waals surface area contributed by atoms with E-state index < -0.39 is 0 Å². The summed E-state index contributed by atoms with van der Waals surface area (Å²) >= 11 is 0. The zero-order valence-electron chi connectivity index (χ0n) is 20.3. The van der Waals surface area contributed by atoms with Gasteiger partial charge in [-0.1, -0.05) is 54.4 Å². The van der Waals surface area contributed by atoms with Gasteiger partial charge in [-0.25, -0.2) is 4.98 Å². The number of imidazole rings is 1. The average Bonchev–Trinajstić information content (AvgIpc) is 3.20. The van der Waals surface area contributed by atoms with Gasteiger partial charge in [0.2, 0.25) is 0 Å². The van der Waals surface area contributed by atoms with Crippen molar-refractivity contribution in [3.05, 3.63) is 94.8 Å². The van der Waals surface area contributed by atoms with Crippen molar-refractivity contribution < 1.29 is 9.53 Å². The third-order valence-electron chi connectivity index (χ3n) is 6.28. The summed E-state index contributed by atoms with van der Waals surface area (Å²) in [5.41, 5.74) is 6.73. The predicted molar refractivity (Wildman–Crippen MR) is 138 cm³/mol. The first-order valence-corrected chi connectivity index (χ1v) is 12.0. The molecule has 1 amide bonds. The van der Waals surface area contributed by atoms with E-state index in [1.165, 1.54) is 22.2 Å². The maximum Gasteiger partial charge on any atom is 0.255 e. The lowest BCUT2D eigenvalue weighted by Crippen LogP contribution is -2.24. The average molecular weight is 456 g/mol. The lowest BCUT2D eigenvalue weighted by Gasteiger charge is -2.13. The Hall–Kier alpha value is -3.60. The number of para-hydroxylation sites is 3. The van der Waals surface area contributed by atoms with Crippen LogP contribution in [0.15, 0.2) is 66.7 Å². The molecule has 5 nitrogen and oxygen atoms in total. The molecule has 1 heterocycles. The number of amides is 1. The number of aryl methyl sites for hydroxylation is 3. The van der Waals surface area contributed by atoms with Crippen LogP contribution in [0.1, 0.15) is 52.1 Å². The number of benzene rings is 3. The van der Waals surface area contributed by atoms with Gasteiger partial charge in [0.15, 0.2) is 0 Å². The second-order valence-electron chi connectivity index (χ2n) is 8.80. The van der Waals surface area contributed by atoms with Crippen LogP contribution in [0.3, 0.4) is 0 Å². The molecule has 4 aromatic rings. The van der Waals surface area contributed by atoms with Gasteiger partial charge in [0.25, 0.3) is 5.91 Å². The number of nitrogens with zero attached hydrogens (tertiary/aromatic N) is 2. The van der Waals surface area contributed by atoms with Crippen LogP contribution in [0.2, 0.25) is 0 Å². The van der Waals surface area contributed by atoms with Gasteiger partial charge < -0.3 is 14.6 Å². The Kier molecular flexibility index (Phi) is 7.63. The first-order valence-electron chi connectivity index (χ1n) is 12.0. The van der Waals surface area contributed by atoms with Gasteiger partial charge in [0.1, 0.15) is 11.6 Å². The number of rotatable bonds is 10. The molecule has 0 saturated carbocycles. The van der Waals surface area contributed by atoms with Crippen LogP contribution in [0, 0.1) is 13.8 Å². The number of nitrogens with one attached hydrogen (secondary N) is 1. The largest absolute Gasteiger partial charge is 0.496 e. The number of ether oxygens (including phenoxy) is 1. The topological polar surface area (TPSA) is 56.1 Å². The first-order chi connectivity index (χ1) is 16.6. The number of methoxy groups -OCH3 is 1. The molecule has 0 aliphatic rings. The van der Waals surface area contributed by atoms with Gasteiger partial charge in [-0.3, -0.25) is 4.79 Å². The van der Waals surface area contributed by atoms with Gasteiger partial charge in [0.05, 0.1) is 23.7 Å². The molecule has 0 spiro atoms. The minimum atomic E-state index is -0.0900. The van der Waals surface area contributed by atoms with Crippen LogP contribution in [0.4, 0.5) is 0 Å². The molecule has 4 rings (SSSR count). The zero-order valence-corrected chi connectivity index (χ0v) is 20.3. The highest BCUT2D eigenvalue weighted by Crippen LogP contribution is 2.22. The Bertz CT molecular complexity index is 1280. The quantitative estimate of drug-likeness (QED) is 0.305. The molecule has 0 saturated heterocycles. The Morgan fingerprint density at radius 2 is 1.76 bits per heavy atom. The fourth-order valence-corrected chi connectivity index (χ4v) is 4.35. The van der Waals surface area contributed by atoms with Crippen LogP contribution >= 0.6 is 0 Å². The molecule has 1 aromatic heterocycles. The fourth-order valence-electron chi connectivity index (χ4n) is 4.35. The summed E-state index contributed by atoms with van der Waals surface area (Å²) in [6, 6.07) is 22.3. The molecule has 1 N–H and O–H groups in total. The van der Waals surface area contributed by atoms with Crippen LogP contribution in [0.25, 0.3) is 11.0 Å². The van der Waals surface area contributed by atoms with Crippen molar-refractivity contribution >= 4 is 16.9 Å². The van der Waals surface area contributed by atoms with Gasteiger partial charge in [-0.2, -0.15) is 0 Å². The molecule has 0 aliphatic heterocycles. The number of carbonyl (C=O) groups is 1. The summed E-state index contributed by atoms with van der Waals surface area (Å²) in [5, 5.41) is 3.01. The van der Waals surface area contributed by atoms with Crippen molar-refractivity contribution in [2.24, 2.45) is 0 Å². The van der Waals surface area contributed by atoms with Gasteiger partial charge in [0, 0.05) is 19.5 Å². The van der Waals surface area contributed by atoms with E-state index in [0.717, 1.165) is 43.6 Å². The number of hydrogen-bond donors (Lipinski definition) is 1. The third kappa shape index (κ3) is 5.48. The van der Waals surface area contributed by atoms with E-state index >= 15 is 0 Å². The van der Waals surface area contributed by atoms with Crippen molar-refractivity contribution in [1.82, 2.24) is 14.9 Å². The maximum atomic E-state index is 12.4. The molecule has 3 aromatic carbocycles. The second-order valence-corrected chi connectivity index (χ2v) is 8.80.